The molecule has 8 heteroatoms. The summed E-state index contributed by atoms with van der Waals surface area (Å²) in [5.74, 6) is 0.646. The summed E-state index contributed by atoms with van der Waals surface area (Å²) in [5.41, 5.74) is 5.12. The maximum atomic E-state index is 11.8. The lowest BCUT2D eigenvalue weighted by atomic mass is 10.1. The number of aromatic nitrogens is 2. The van der Waals surface area contributed by atoms with E-state index in [1.54, 1.807) is 32.4 Å². The molecular weight excluding hydrogens is 264 g/mol. The van der Waals surface area contributed by atoms with Crippen LogP contribution in [0.4, 0.5) is 0 Å². The summed E-state index contributed by atoms with van der Waals surface area (Å²) >= 11 is 0. The summed E-state index contributed by atoms with van der Waals surface area (Å²) < 4.78 is 27.7. The first-order chi connectivity index (χ1) is 7.12. The van der Waals surface area contributed by atoms with Crippen molar-refractivity contribution in [3.05, 3.63) is 12.0 Å². The zero-order valence-corrected chi connectivity index (χ0v) is 12.0. The van der Waals surface area contributed by atoms with Gasteiger partial charge in [-0.25, -0.2) is 18.1 Å². The quantitative estimate of drug-likeness (QED) is 0.823. The number of hydrogen-bond donors (Lipinski definition) is 2. The molecule has 0 bridgehead atoms. The average molecular weight is 283 g/mol. The topological polar surface area (TPSA) is 90.0 Å². The van der Waals surface area contributed by atoms with Crippen molar-refractivity contribution in [2.24, 2.45) is 12.8 Å². The Morgan fingerprint density at radius 3 is 2.41 bits per heavy atom. The first-order valence-corrected chi connectivity index (χ1v) is 6.39. The summed E-state index contributed by atoms with van der Waals surface area (Å²) in [6.07, 6.45) is 1.47. The van der Waals surface area contributed by atoms with Gasteiger partial charge >= 0.3 is 0 Å². The molecule has 0 fully saturated rings. The van der Waals surface area contributed by atoms with E-state index < -0.39 is 15.6 Å². The number of halogens is 1. The number of rotatable bonds is 4. The minimum atomic E-state index is -3.56. The van der Waals surface area contributed by atoms with E-state index in [2.05, 4.69) is 9.71 Å². The zero-order valence-electron chi connectivity index (χ0n) is 10.4. The highest BCUT2D eigenvalue weighted by atomic mass is 35.5. The molecule has 17 heavy (non-hydrogen) atoms. The molecule has 0 unspecified atom stereocenters. The molecule has 0 spiro atoms. The molecule has 0 amide bonds. The van der Waals surface area contributed by atoms with Crippen LogP contribution in [-0.2, 0) is 17.1 Å². The third-order valence-electron chi connectivity index (χ3n) is 2.08. The smallest absolute Gasteiger partial charge is 0.259 e. The van der Waals surface area contributed by atoms with Crippen molar-refractivity contribution in [1.82, 2.24) is 14.3 Å². The maximum Gasteiger partial charge on any atom is 0.259 e. The number of nitrogens with zero attached hydrogens (tertiary/aromatic N) is 2. The molecule has 0 aliphatic heterocycles. The van der Waals surface area contributed by atoms with Gasteiger partial charge in [0, 0.05) is 25.3 Å². The SMILES string of the molecule is Cc1nc(S(=O)(=O)NCC(C)(C)N)cn1C.Cl. The average Bonchev–Trinajstić information content (AvgIpc) is 2.44. The fraction of sp³-hybridized carbons (Fsp3) is 0.667. The molecule has 0 saturated carbocycles. The van der Waals surface area contributed by atoms with Gasteiger partial charge in [-0.1, -0.05) is 0 Å². The van der Waals surface area contributed by atoms with Crippen LogP contribution in [0.2, 0.25) is 0 Å². The number of imidazole rings is 1. The molecule has 0 aliphatic carbocycles. The van der Waals surface area contributed by atoms with Gasteiger partial charge in [0.25, 0.3) is 10.0 Å². The van der Waals surface area contributed by atoms with Gasteiger partial charge in [0.15, 0.2) is 5.03 Å². The molecule has 0 atom stereocenters. The highest BCUT2D eigenvalue weighted by Crippen LogP contribution is 2.08. The Hall–Kier alpha value is -0.630. The van der Waals surface area contributed by atoms with Gasteiger partial charge in [0.1, 0.15) is 5.82 Å². The summed E-state index contributed by atoms with van der Waals surface area (Å²) in [4.78, 5) is 3.95. The van der Waals surface area contributed by atoms with Crippen LogP contribution >= 0.6 is 12.4 Å². The molecule has 1 aromatic heterocycles. The largest absolute Gasteiger partial charge is 0.337 e. The monoisotopic (exact) mass is 282 g/mol. The minimum absolute atomic E-state index is 0. The van der Waals surface area contributed by atoms with Crippen molar-refractivity contribution in [3.8, 4) is 0 Å². The second-order valence-corrected chi connectivity index (χ2v) is 6.26. The van der Waals surface area contributed by atoms with Crippen molar-refractivity contribution in [1.29, 1.82) is 0 Å². The second-order valence-electron chi connectivity index (χ2n) is 4.55. The number of nitrogens with two attached hydrogens (primary N) is 1. The van der Waals surface area contributed by atoms with E-state index in [1.807, 2.05) is 0 Å². The van der Waals surface area contributed by atoms with Crippen LogP contribution in [0.5, 0.6) is 0 Å². The number of aryl methyl sites for hydroxylation is 2. The van der Waals surface area contributed by atoms with Gasteiger partial charge in [-0.05, 0) is 20.8 Å². The fourth-order valence-electron chi connectivity index (χ4n) is 1.01. The van der Waals surface area contributed by atoms with E-state index in [-0.39, 0.29) is 24.0 Å². The van der Waals surface area contributed by atoms with Gasteiger partial charge in [0.2, 0.25) is 0 Å². The first-order valence-electron chi connectivity index (χ1n) is 4.90. The summed E-state index contributed by atoms with van der Waals surface area (Å²) in [6, 6.07) is 0. The molecule has 1 aromatic rings. The normalized spacial score (nSPS) is 12.3. The van der Waals surface area contributed by atoms with Crippen molar-refractivity contribution >= 4 is 22.4 Å². The molecule has 0 aliphatic rings. The maximum absolute atomic E-state index is 11.8. The predicted molar refractivity (Wildman–Crippen MR) is 68.6 cm³/mol. The fourth-order valence-corrected chi connectivity index (χ4v) is 2.27. The molecule has 1 rings (SSSR count). The Balaban J connectivity index is 0.00000256. The predicted octanol–water partition coefficient (Wildman–Crippen LogP) is 0.166. The van der Waals surface area contributed by atoms with Gasteiger partial charge < -0.3 is 10.3 Å². The molecule has 3 N–H and O–H groups in total. The lowest BCUT2D eigenvalue weighted by molar-refractivity contribution is 0.497. The molecule has 6 nitrogen and oxygen atoms in total. The van der Waals surface area contributed by atoms with Crippen LogP contribution < -0.4 is 10.5 Å². The third kappa shape index (κ3) is 4.63. The third-order valence-corrected chi connectivity index (χ3v) is 3.35. The Bertz CT molecular complexity index is 456. The summed E-state index contributed by atoms with van der Waals surface area (Å²) in [5, 5.41) is 0.0248. The van der Waals surface area contributed by atoms with Crippen LogP contribution in [0.3, 0.4) is 0 Å². The number of hydrogen-bond acceptors (Lipinski definition) is 4. The van der Waals surface area contributed by atoms with Crippen molar-refractivity contribution in [2.45, 2.75) is 31.3 Å². The van der Waals surface area contributed by atoms with E-state index >= 15 is 0 Å². The highest BCUT2D eigenvalue weighted by molar-refractivity contribution is 7.89. The molecule has 0 saturated heterocycles. The first kappa shape index (κ1) is 16.4. The summed E-state index contributed by atoms with van der Waals surface area (Å²) in [7, 11) is -1.81. The lowest BCUT2D eigenvalue weighted by Gasteiger charge is -2.18. The van der Waals surface area contributed by atoms with Crippen LogP contribution in [0, 0.1) is 6.92 Å². The van der Waals surface area contributed by atoms with Crippen LogP contribution in [0.25, 0.3) is 0 Å². The van der Waals surface area contributed by atoms with Crippen LogP contribution in [0.15, 0.2) is 11.2 Å². The minimum Gasteiger partial charge on any atom is -0.337 e. The Morgan fingerprint density at radius 2 is 2.06 bits per heavy atom. The Kier molecular flexibility index (Phi) is 5.15. The van der Waals surface area contributed by atoms with E-state index in [1.165, 1.54) is 6.20 Å². The van der Waals surface area contributed by atoms with Gasteiger partial charge in [0.05, 0.1) is 0 Å². The van der Waals surface area contributed by atoms with Crippen LogP contribution in [0.1, 0.15) is 19.7 Å². The summed E-state index contributed by atoms with van der Waals surface area (Å²) in [6.45, 7) is 5.41. The lowest BCUT2D eigenvalue weighted by Crippen LogP contribution is -2.45. The molecule has 1 heterocycles. The Morgan fingerprint density at radius 1 is 1.53 bits per heavy atom. The van der Waals surface area contributed by atoms with Gasteiger partial charge in [-0.15, -0.1) is 12.4 Å². The van der Waals surface area contributed by atoms with E-state index in [9.17, 15) is 8.42 Å². The molecule has 0 aromatic carbocycles. The molecule has 0 radical (unpaired) electrons. The van der Waals surface area contributed by atoms with Crippen molar-refractivity contribution in [2.75, 3.05) is 6.54 Å². The van der Waals surface area contributed by atoms with E-state index in [0.717, 1.165) is 0 Å². The van der Waals surface area contributed by atoms with Crippen molar-refractivity contribution in [3.63, 3.8) is 0 Å². The van der Waals surface area contributed by atoms with Crippen LogP contribution in [-0.4, -0.2) is 30.1 Å². The Labute approximate surface area is 108 Å². The van der Waals surface area contributed by atoms with E-state index in [4.69, 9.17) is 5.73 Å². The standard InChI is InChI=1S/C9H18N4O2S.ClH/c1-7-12-8(5-13(7)4)16(14,15)11-6-9(2,3)10;/h5,11H,6,10H2,1-4H3;1H. The number of sulfonamides is 1. The highest BCUT2D eigenvalue weighted by Gasteiger charge is 2.21. The molecule has 100 valence electrons. The van der Waals surface area contributed by atoms with Gasteiger partial charge in [-0.2, -0.15) is 0 Å². The zero-order chi connectivity index (χ0) is 12.6. The van der Waals surface area contributed by atoms with Crippen molar-refractivity contribution < 1.29 is 8.42 Å². The molecular formula is C9H19ClN4O2S. The second kappa shape index (κ2) is 5.34. The van der Waals surface area contributed by atoms with E-state index in [0.29, 0.717) is 5.82 Å². The van der Waals surface area contributed by atoms with Gasteiger partial charge in [-0.3, -0.25) is 0 Å². The number of nitrogens with one attached hydrogen (secondary N) is 1.